The predicted molar refractivity (Wildman–Crippen MR) is 57.6 cm³/mol. The third-order valence-electron chi connectivity index (χ3n) is 2.43. The van der Waals surface area contributed by atoms with Crippen LogP contribution < -0.4 is 4.90 Å². The summed E-state index contributed by atoms with van der Waals surface area (Å²) in [4.78, 5) is 6.29. The number of furan rings is 1. The molecular weight excluding hydrogens is 176 g/mol. The molecule has 0 aromatic carbocycles. The Bertz CT molecular complexity index is 418. The standard InChI is InChI=1S/C11H14N2O/c1-3-13(4-2)11-10-7-12-6-5-9(10)8-14-11/h5-8H,3-4H2,1-2H3. The zero-order valence-corrected chi connectivity index (χ0v) is 8.53. The largest absolute Gasteiger partial charge is 0.447 e. The van der Waals surface area contributed by atoms with Gasteiger partial charge in [0.25, 0.3) is 0 Å². The molecule has 0 amide bonds. The summed E-state index contributed by atoms with van der Waals surface area (Å²) in [5.41, 5.74) is 0. The predicted octanol–water partition coefficient (Wildman–Crippen LogP) is 2.67. The van der Waals surface area contributed by atoms with Crippen LogP contribution in [0.15, 0.2) is 29.1 Å². The third-order valence-corrected chi connectivity index (χ3v) is 2.43. The normalized spacial score (nSPS) is 10.7. The number of pyridine rings is 1. The van der Waals surface area contributed by atoms with E-state index < -0.39 is 0 Å². The highest BCUT2D eigenvalue weighted by atomic mass is 16.3. The number of hydrogen-bond donors (Lipinski definition) is 0. The van der Waals surface area contributed by atoms with Crippen LogP contribution in [0.2, 0.25) is 0 Å². The Morgan fingerprint density at radius 2 is 2.14 bits per heavy atom. The van der Waals surface area contributed by atoms with Crippen molar-refractivity contribution in [3.8, 4) is 0 Å². The minimum absolute atomic E-state index is 0.929. The Hall–Kier alpha value is -1.51. The molecule has 3 nitrogen and oxygen atoms in total. The van der Waals surface area contributed by atoms with Crippen molar-refractivity contribution in [2.75, 3.05) is 18.0 Å². The summed E-state index contributed by atoms with van der Waals surface area (Å²) in [5.74, 6) is 0.929. The molecule has 0 fully saturated rings. The van der Waals surface area contributed by atoms with Gasteiger partial charge in [-0.2, -0.15) is 0 Å². The summed E-state index contributed by atoms with van der Waals surface area (Å²) in [6.45, 7) is 6.14. The summed E-state index contributed by atoms with van der Waals surface area (Å²) in [7, 11) is 0. The molecule has 3 heteroatoms. The molecule has 0 unspecified atom stereocenters. The van der Waals surface area contributed by atoms with Crippen LogP contribution in [0.5, 0.6) is 0 Å². The van der Waals surface area contributed by atoms with Crippen LogP contribution in [0.25, 0.3) is 10.8 Å². The summed E-state index contributed by atoms with van der Waals surface area (Å²) in [6, 6.07) is 1.96. The summed E-state index contributed by atoms with van der Waals surface area (Å²) in [5, 5.41) is 2.21. The molecule has 0 aliphatic heterocycles. The van der Waals surface area contributed by atoms with Crippen LogP contribution in [-0.2, 0) is 0 Å². The molecule has 2 rings (SSSR count). The third kappa shape index (κ3) is 1.35. The summed E-state index contributed by atoms with van der Waals surface area (Å²) >= 11 is 0. The number of aromatic nitrogens is 1. The first-order valence-electron chi connectivity index (χ1n) is 4.93. The van der Waals surface area contributed by atoms with Gasteiger partial charge in [0.1, 0.15) is 6.26 Å². The molecule has 0 N–H and O–H groups in total. The Morgan fingerprint density at radius 1 is 1.36 bits per heavy atom. The quantitative estimate of drug-likeness (QED) is 0.745. The second-order valence-electron chi connectivity index (χ2n) is 3.18. The molecule has 14 heavy (non-hydrogen) atoms. The highest BCUT2D eigenvalue weighted by molar-refractivity contribution is 5.90. The number of anilines is 1. The van der Waals surface area contributed by atoms with Gasteiger partial charge in [0, 0.05) is 30.9 Å². The highest BCUT2D eigenvalue weighted by Crippen LogP contribution is 2.27. The minimum Gasteiger partial charge on any atom is -0.447 e. The van der Waals surface area contributed by atoms with Gasteiger partial charge in [0.2, 0.25) is 5.88 Å². The van der Waals surface area contributed by atoms with E-state index in [9.17, 15) is 0 Å². The zero-order valence-electron chi connectivity index (χ0n) is 8.53. The second-order valence-corrected chi connectivity index (χ2v) is 3.18. The number of hydrogen-bond acceptors (Lipinski definition) is 3. The van der Waals surface area contributed by atoms with Gasteiger partial charge in [-0.25, -0.2) is 0 Å². The number of nitrogens with zero attached hydrogens (tertiary/aromatic N) is 2. The van der Waals surface area contributed by atoms with Crippen molar-refractivity contribution in [1.82, 2.24) is 4.98 Å². The lowest BCUT2D eigenvalue weighted by Crippen LogP contribution is -2.21. The van der Waals surface area contributed by atoms with Crippen LogP contribution in [0.4, 0.5) is 5.88 Å². The molecular formula is C11H14N2O. The van der Waals surface area contributed by atoms with Gasteiger partial charge in [-0.15, -0.1) is 0 Å². The van der Waals surface area contributed by atoms with Crippen molar-refractivity contribution in [2.24, 2.45) is 0 Å². The van der Waals surface area contributed by atoms with Crippen LogP contribution in [-0.4, -0.2) is 18.1 Å². The van der Waals surface area contributed by atoms with Crippen molar-refractivity contribution in [3.63, 3.8) is 0 Å². The van der Waals surface area contributed by atoms with Gasteiger partial charge in [0.15, 0.2) is 0 Å². The maximum Gasteiger partial charge on any atom is 0.204 e. The Labute approximate surface area is 83.3 Å². The Kier molecular flexibility index (Phi) is 2.39. The van der Waals surface area contributed by atoms with Gasteiger partial charge in [-0.3, -0.25) is 4.98 Å². The van der Waals surface area contributed by atoms with Crippen LogP contribution >= 0.6 is 0 Å². The molecule has 2 aromatic rings. The average Bonchev–Trinajstić information content (AvgIpc) is 2.65. The highest BCUT2D eigenvalue weighted by Gasteiger charge is 2.10. The molecule has 0 radical (unpaired) electrons. The molecule has 0 saturated carbocycles. The van der Waals surface area contributed by atoms with E-state index in [2.05, 4.69) is 23.7 Å². The lowest BCUT2D eigenvalue weighted by atomic mass is 10.3. The van der Waals surface area contributed by atoms with E-state index in [1.54, 1.807) is 12.5 Å². The lowest BCUT2D eigenvalue weighted by molar-refractivity contribution is 0.554. The summed E-state index contributed by atoms with van der Waals surface area (Å²) < 4.78 is 5.54. The molecule has 74 valence electrons. The monoisotopic (exact) mass is 190 g/mol. The summed E-state index contributed by atoms with van der Waals surface area (Å²) in [6.07, 6.45) is 5.42. The molecule has 0 spiro atoms. The van der Waals surface area contributed by atoms with Crippen LogP contribution in [0.1, 0.15) is 13.8 Å². The zero-order chi connectivity index (χ0) is 9.97. The topological polar surface area (TPSA) is 29.3 Å². The SMILES string of the molecule is CCN(CC)c1occ2ccncc12. The Morgan fingerprint density at radius 3 is 2.86 bits per heavy atom. The van der Waals surface area contributed by atoms with Gasteiger partial charge in [0.05, 0.1) is 5.39 Å². The Balaban J connectivity index is 2.51. The van der Waals surface area contributed by atoms with Gasteiger partial charge in [-0.1, -0.05) is 0 Å². The molecule has 0 aliphatic carbocycles. The van der Waals surface area contributed by atoms with Gasteiger partial charge < -0.3 is 9.32 Å². The fourth-order valence-electron chi connectivity index (χ4n) is 1.63. The minimum atomic E-state index is 0.929. The van der Waals surface area contributed by atoms with Crippen molar-refractivity contribution >= 4 is 16.7 Å². The molecule has 0 bridgehead atoms. The van der Waals surface area contributed by atoms with Crippen molar-refractivity contribution in [3.05, 3.63) is 24.7 Å². The second kappa shape index (κ2) is 3.70. The number of rotatable bonds is 3. The first kappa shape index (κ1) is 9.06. The van der Waals surface area contributed by atoms with Gasteiger partial charge in [-0.05, 0) is 19.9 Å². The van der Waals surface area contributed by atoms with Crippen LogP contribution in [0.3, 0.4) is 0 Å². The number of fused-ring (bicyclic) bond motifs is 1. The molecule has 0 aliphatic rings. The first-order valence-corrected chi connectivity index (χ1v) is 4.93. The van der Waals surface area contributed by atoms with E-state index in [-0.39, 0.29) is 0 Å². The molecule has 0 saturated heterocycles. The first-order chi connectivity index (χ1) is 6.86. The van der Waals surface area contributed by atoms with E-state index in [1.807, 2.05) is 12.3 Å². The van der Waals surface area contributed by atoms with E-state index in [0.29, 0.717) is 0 Å². The maximum absolute atomic E-state index is 5.54. The van der Waals surface area contributed by atoms with E-state index in [0.717, 1.165) is 29.7 Å². The molecule has 0 atom stereocenters. The van der Waals surface area contributed by atoms with E-state index >= 15 is 0 Å². The van der Waals surface area contributed by atoms with Crippen molar-refractivity contribution in [2.45, 2.75) is 13.8 Å². The van der Waals surface area contributed by atoms with Gasteiger partial charge >= 0.3 is 0 Å². The fourth-order valence-corrected chi connectivity index (χ4v) is 1.63. The lowest BCUT2D eigenvalue weighted by Gasteiger charge is -2.17. The smallest absolute Gasteiger partial charge is 0.204 e. The molecule has 2 heterocycles. The van der Waals surface area contributed by atoms with Crippen molar-refractivity contribution in [1.29, 1.82) is 0 Å². The van der Waals surface area contributed by atoms with Crippen LogP contribution in [0, 0.1) is 0 Å². The van der Waals surface area contributed by atoms with E-state index in [1.165, 1.54) is 0 Å². The van der Waals surface area contributed by atoms with E-state index in [4.69, 9.17) is 4.42 Å². The average molecular weight is 190 g/mol. The fraction of sp³-hybridized carbons (Fsp3) is 0.364. The maximum atomic E-state index is 5.54. The molecule has 2 aromatic heterocycles. The van der Waals surface area contributed by atoms with Crippen molar-refractivity contribution < 1.29 is 4.42 Å².